The zero-order valence-corrected chi connectivity index (χ0v) is 11.9. The maximum atomic E-state index is 12.5. The first-order chi connectivity index (χ1) is 9.75. The molecule has 0 radical (unpaired) electrons. The highest BCUT2D eigenvalue weighted by Crippen LogP contribution is 2.30. The molecule has 2 aromatic rings. The molecule has 0 aliphatic carbocycles. The molecule has 0 aliphatic rings. The summed E-state index contributed by atoms with van der Waals surface area (Å²) in [4.78, 5) is 14.8. The Bertz CT molecular complexity index is 663. The normalized spacial score (nSPS) is 12.0. The summed E-state index contributed by atoms with van der Waals surface area (Å²) in [5, 5.41) is 4.18. The predicted molar refractivity (Wildman–Crippen MR) is 70.8 cm³/mol. The number of aldehydes is 1. The fourth-order valence-electron chi connectivity index (χ4n) is 1.79. The summed E-state index contributed by atoms with van der Waals surface area (Å²) in [6, 6.07) is 2.04. The van der Waals surface area contributed by atoms with Crippen LogP contribution >= 0.6 is 11.6 Å². The van der Waals surface area contributed by atoms with Crippen LogP contribution in [0.4, 0.5) is 13.2 Å². The lowest BCUT2D eigenvalue weighted by atomic mass is 10.1. The molecule has 8 heteroatoms. The van der Waals surface area contributed by atoms with Crippen LogP contribution in [0, 0.1) is 0 Å². The molecule has 0 amide bonds. The Labute approximate surface area is 123 Å². The van der Waals surface area contributed by atoms with E-state index in [1.807, 2.05) is 13.8 Å². The Kier molecular flexibility index (Phi) is 4.04. The first-order valence-corrected chi connectivity index (χ1v) is 6.40. The average molecular weight is 318 g/mol. The second-order valence-electron chi connectivity index (χ2n) is 4.68. The molecule has 0 spiro atoms. The number of aromatic nitrogens is 3. The van der Waals surface area contributed by atoms with Crippen LogP contribution in [0.2, 0.25) is 5.15 Å². The van der Waals surface area contributed by atoms with Crippen molar-refractivity contribution in [3.63, 3.8) is 0 Å². The first kappa shape index (κ1) is 15.5. The van der Waals surface area contributed by atoms with Crippen LogP contribution in [0.25, 0.3) is 5.82 Å². The van der Waals surface area contributed by atoms with Crippen molar-refractivity contribution in [3.05, 3.63) is 40.3 Å². The van der Waals surface area contributed by atoms with E-state index in [4.69, 9.17) is 11.6 Å². The van der Waals surface area contributed by atoms with Crippen LogP contribution in [-0.4, -0.2) is 21.1 Å². The van der Waals surface area contributed by atoms with Gasteiger partial charge >= 0.3 is 6.18 Å². The van der Waals surface area contributed by atoms with Crippen LogP contribution < -0.4 is 0 Å². The Morgan fingerprint density at radius 1 is 1.33 bits per heavy atom. The quantitative estimate of drug-likeness (QED) is 0.807. The molecule has 0 unspecified atom stereocenters. The zero-order valence-electron chi connectivity index (χ0n) is 11.1. The third-order valence-electron chi connectivity index (χ3n) is 2.85. The topological polar surface area (TPSA) is 47.8 Å². The monoisotopic (exact) mass is 317 g/mol. The number of halogens is 4. The van der Waals surface area contributed by atoms with E-state index in [1.54, 1.807) is 0 Å². The van der Waals surface area contributed by atoms with E-state index in [-0.39, 0.29) is 22.5 Å². The van der Waals surface area contributed by atoms with E-state index in [0.717, 1.165) is 16.8 Å². The van der Waals surface area contributed by atoms with Gasteiger partial charge in [0.2, 0.25) is 0 Å². The van der Waals surface area contributed by atoms with E-state index in [2.05, 4.69) is 10.1 Å². The molecule has 0 aliphatic heterocycles. The number of carbonyl (C=O) groups is 1. The molecule has 112 valence electrons. The van der Waals surface area contributed by atoms with Gasteiger partial charge in [-0.3, -0.25) is 4.79 Å². The summed E-state index contributed by atoms with van der Waals surface area (Å²) in [6.45, 7) is 3.66. The summed E-state index contributed by atoms with van der Waals surface area (Å²) < 4.78 is 38.6. The number of hydrogen-bond donors (Lipinski definition) is 0. The van der Waals surface area contributed by atoms with E-state index in [0.29, 0.717) is 18.2 Å². The van der Waals surface area contributed by atoms with Gasteiger partial charge in [-0.1, -0.05) is 25.4 Å². The molecule has 2 aromatic heterocycles. The number of hydrogen-bond acceptors (Lipinski definition) is 3. The summed E-state index contributed by atoms with van der Waals surface area (Å²) in [5.74, 6) is 0.0569. The molecule has 4 nitrogen and oxygen atoms in total. The largest absolute Gasteiger partial charge is 0.417 e. The lowest BCUT2D eigenvalue weighted by Gasteiger charge is -2.07. The van der Waals surface area contributed by atoms with Crippen molar-refractivity contribution < 1.29 is 18.0 Å². The van der Waals surface area contributed by atoms with Crippen molar-refractivity contribution in [2.45, 2.75) is 25.9 Å². The van der Waals surface area contributed by atoms with Gasteiger partial charge in [0.05, 0.1) is 16.8 Å². The van der Waals surface area contributed by atoms with Gasteiger partial charge in [-0.05, 0) is 18.1 Å². The smallest absolute Gasteiger partial charge is 0.298 e. The third-order valence-corrected chi connectivity index (χ3v) is 3.21. The Hall–Kier alpha value is -1.89. The summed E-state index contributed by atoms with van der Waals surface area (Å²) >= 11 is 6.04. The minimum absolute atomic E-state index is 0.0287. The van der Waals surface area contributed by atoms with Gasteiger partial charge in [-0.2, -0.15) is 18.3 Å². The van der Waals surface area contributed by atoms with Gasteiger partial charge in [-0.15, -0.1) is 0 Å². The fraction of sp³-hybridized carbons (Fsp3) is 0.308. The van der Waals surface area contributed by atoms with Gasteiger partial charge < -0.3 is 0 Å². The van der Waals surface area contributed by atoms with E-state index in [1.165, 1.54) is 0 Å². The van der Waals surface area contributed by atoms with Crippen molar-refractivity contribution in [2.75, 3.05) is 0 Å². The van der Waals surface area contributed by atoms with Gasteiger partial charge in [0.25, 0.3) is 0 Å². The highest BCUT2D eigenvalue weighted by atomic mass is 35.5. The van der Waals surface area contributed by atoms with E-state index in [9.17, 15) is 18.0 Å². The maximum Gasteiger partial charge on any atom is 0.417 e. The third kappa shape index (κ3) is 2.92. The van der Waals surface area contributed by atoms with Crippen LogP contribution in [0.1, 0.15) is 41.4 Å². The van der Waals surface area contributed by atoms with Crippen molar-refractivity contribution in [2.24, 2.45) is 0 Å². The molecule has 0 bridgehead atoms. The molecule has 21 heavy (non-hydrogen) atoms. The highest BCUT2D eigenvalue weighted by Gasteiger charge is 2.31. The van der Waals surface area contributed by atoms with Crippen LogP contribution in [0.3, 0.4) is 0 Å². The van der Waals surface area contributed by atoms with Crippen LogP contribution in [0.5, 0.6) is 0 Å². The highest BCUT2D eigenvalue weighted by molar-refractivity contribution is 6.32. The number of nitrogens with zero attached hydrogens (tertiary/aromatic N) is 3. The molecular weight excluding hydrogens is 307 g/mol. The Morgan fingerprint density at radius 3 is 2.38 bits per heavy atom. The second-order valence-corrected chi connectivity index (χ2v) is 5.03. The average Bonchev–Trinajstić information content (AvgIpc) is 2.75. The summed E-state index contributed by atoms with van der Waals surface area (Å²) in [7, 11) is 0. The molecule has 2 heterocycles. The minimum atomic E-state index is -4.46. The molecule has 0 saturated carbocycles. The molecule has 0 N–H and O–H groups in total. The molecule has 2 rings (SSSR count). The Balaban J connectivity index is 2.50. The van der Waals surface area contributed by atoms with Crippen molar-refractivity contribution in [3.8, 4) is 5.82 Å². The van der Waals surface area contributed by atoms with Gasteiger partial charge in [0.15, 0.2) is 12.1 Å². The SMILES string of the molecule is CC(C)c1nn(-c2ccc(C(F)(F)F)cn2)c(Cl)c1C=O. The van der Waals surface area contributed by atoms with Crippen molar-refractivity contribution in [1.82, 2.24) is 14.8 Å². The number of rotatable bonds is 3. The van der Waals surface area contributed by atoms with Gasteiger partial charge in [0.1, 0.15) is 5.15 Å². The molecule has 0 saturated heterocycles. The summed E-state index contributed by atoms with van der Waals surface area (Å²) in [6.07, 6.45) is -3.19. The molecule has 0 fully saturated rings. The van der Waals surface area contributed by atoms with Gasteiger partial charge in [-0.25, -0.2) is 9.67 Å². The lowest BCUT2D eigenvalue weighted by molar-refractivity contribution is -0.137. The number of carbonyl (C=O) groups excluding carboxylic acids is 1. The fourth-order valence-corrected chi connectivity index (χ4v) is 2.06. The number of alkyl halides is 3. The molecule has 0 aromatic carbocycles. The van der Waals surface area contributed by atoms with Crippen molar-refractivity contribution >= 4 is 17.9 Å². The second kappa shape index (κ2) is 5.48. The standard InChI is InChI=1S/C13H11ClF3N3O/c1-7(2)11-9(6-21)12(14)20(19-11)10-4-3-8(5-18-10)13(15,16)17/h3-7H,1-2H3. The van der Waals surface area contributed by atoms with Crippen LogP contribution in [-0.2, 0) is 6.18 Å². The maximum absolute atomic E-state index is 12.5. The lowest BCUT2D eigenvalue weighted by Crippen LogP contribution is -2.07. The van der Waals surface area contributed by atoms with E-state index < -0.39 is 11.7 Å². The van der Waals surface area contributed by atoms with E-state index >= 15 is 0 Å². The Morgan fingerprint density at radius 2 is 2.00 bits per heavy atom. The molecule has 0 atom stereocenters. The molecular formula is C13H11ClF3N3O. The predicted octanol–water partition coefficient (Wildman–Crippen LogP) is 3.88. The first-order valence-electron chi connectivity index (χ1n) is 6.03. The number of pyridine rings is 1. The minimum Gasteiger partial charge on any atom is -0.298 e. The zero-order chi connectivity index (χ0) is 15.8. The van der Waals surface area contributed by atoms with Crippen molar-refractivity contribution in [1.29, 1.82) is 0 Å². The van der Waals surface area contributed by atoms with Gasteiger partial charge in [0, 0.05) is 6.20 Å². The van der Waals surface area contributed by atoms with Crippen LogP contribution in [0.15, 0.2) is 18.3 Å². The summed E-state index contributed by atoms with van der Waals surface area (Å²) in [5.41, 5.74) is -0.181.